The van der Waals surface area contributed by atoms with Gasteiger partial charge in [0, 0.05) is 23.9 Å². The summed E-state index contributed by atoms with van der Waals surface area (Å²) in [5, 5.41) is 14.1. The third kappa shape index (κ3) is 2.71. The van der Waals surface area contributed by atoms with E-state index in [-0.39, 0.29) is 23.3 Å². The Balaban J connectivity index is 1.55. The number of fused-ring (bicyclic) bond motifs is 1. The molecule has 2 aliphatic carbocycles. The topological polar surface area (TPSA) is 69.6 Å². The van der Waals surface area contributed by atoms with Crippen LogP contribution in [0.5, 0.6) is 0 Å². The number of hydroxylamine groups is 2. The lowest BCUT2D eigenvalue weighted by atomic mass is 9.71. The minimum Gasteiger partial charge on any atom is -0.356 e. The quantitative estimate of drug-likeness (QED) is 0.647. The zero-order valence-electron chi connectivity index (χ0n) is 13.9. The molecule has 2 fully saturated rings. The molecule has 5 heteroatoms. The predicted molar refractivity (Wildman–Crippen MR) is 88.7 cm³/mol. The molecule has 4 rings (SSSR count). The van der Waals surface area contributed by atoms with Crippen LogP contribution in [0.25, 0.3) is 0 Å². The summed E-state index contributed by atoms with van der Waals surface area (Å²) in [6, 6.07) is 5.73. The average Bonchev–Trinajstić information content (AvgIpc) is 3.23. The second kappa shape index (κ2) is 5.88. The highest BCUT2D eigenvalue weighted by atomic mass is 16.5. The third-order valence-electron chi connectivity index (χ3n) is 6.02. The zero-order valence-corrected chi connectivity index (χ0v) is 13.9. The second-order valence-electron chi connectivity index (χ2n) is 7.70. The standard InChI is InChI=1S/C19H24N2O3/c22-17-11-19(12-20-17)8-7-13-5-6-14(9-15(13)10-19)18(23)21(24)16-3-1-2-4-16/h5-6,9,16,24H,1-4,7-8,10-12H2,(H,20,22)/t19-/m1/s1. The van der Waals surface area contributed by atoms with Crippen molar-refractivity contribution in [1.29, 1.82) is 0 Å². The summed E-state index contributed by atoms with van der Waals surface area (Å²) >= 11 is 0. The molecule has 0 radical (unpaired) electrons. The van der Waals surface area contributed by atoms with Crippen molar-refractivity contribution in [3.63, 3.8) is 0 Å². The van der Waals surface area contributed by atoms with Crippen LogP contribution in [0.2, 0.25) is 0 Å². The molecule has 1 saturated heterocycles. The lowest BCUT2D eigenvalue weighted by Crippen LogP contribution is -2.36. The van der Waals surface area contributed by atoms with E-state index in [0.29, 0.717) is 12.0 Å². The first kappa shape index (κ1) is 15.6. The molecule has 1 aromatic carbocycles. The summed E-state index contributed by atoms with van der Waals surface area (Å²) in [6.45, 7) is 0.734. The molecular weight excluding hydrogens is 304 g/mol. The molecule has 0 bridgehead atoms. The van der Waals surface area contributed by atoms with Crippen molar-refractivity contribution in [1.82, 2.24) is 10.4 Å². The van der Waals surface area contributed by atoms with Crippen LogP contribution in [-0.4, -0.2) is 34.7 Å². The maximum absolute atomic E-state index is 12.6. The number of aryl methyl sites for hydroxylation is 1. The summed E-state index contributed by atoms with van der Waals surface area (Å²) in [4.78, 5) is 24.2. The highest BCUT2D eigenvalue weighted by molar-refractivity contribution is 5.94. The molecule has 1 heterocycles. The van der Waals surface area contributed by atoms with Crippen molar-refractivity contribution >= 4 is 11.8 Å². The van der Waals surface area contributed by atoms with Crippen molar-refractivity contribution in [3.8, 4) is 0 Å². The molecule has 1 saturated carbocycles. The number of hydrogen-bond donors (Lipinski definition) is 2. The fourth-order valence-electron chi connectivity index (χ4n) is 4.56. The van der Waals surface area contributed by atoms with Crippen LogP contribution in [0.3, 0.4) is 0 Å². The lowest BCUT2D eigenvalue weighted by molar-refractivity contribution is -0.119. The Morgan fingerprint density at radius 1 is 1.21 bits per heavy atom. The van der Waals surface area contributed by atoms with Crippen molar-refractivity contribution < 1.29 is 14.8 Å². The molecule has 1 atom stereocenters. The van der Waals surface area contributed by atoms with Gasteiger partial charge in [0.05, 0.1) is 6.04 Å². The average molecular weight is 328 g/mol. The summed E-state index contributed by atoms with van der Waals surface area (Å²) in [5.41, 5.74) is 2.98. The molecule has 5 nitrogen and oxygen atoms in total. The Morgan fingerprint density at radius 3 is 2.71 bits per heavy atom. The Bertz CT molecular complexity index is 681. The molecule has 1 aliphatic heterocycles. The number of hydrogen-bond acceptors (Lipinski definition) is 3. The number of nitrogens with one attached hydrogen (secondary N) is 1. The molecule has 2 N–H and O–H groups in total. The van der Waals surface area contributed by atoms with Gasteiger partial charge >= 0.3 is 0 Å². The smallest absolute Gasteiger partial charge is 0.277 e. The van der Waals surface area contributed by atoms with E-state index >= 15 is 0 Å². The van der Waals surface area contributed by atoms with Gasteiger partial charge in [-0.2, -0.15) is 0 Å². The molecule has 1 aromatic rings. The van der Waals surface area contributed by atoms with Gasteiger partial charge in [0.25, 0.3) is 5.91 Å². The Hall–Kier alpha value is -1.88. The highest BCUT2D eigenvalue weighted by Gasteiger charge is 2.41. The lowest BCUT2D eigenvalue weighted by Gasteiger charge is -2.33. The monoisotopic (exact) mass is 328 g/mol. The molecule has 0 unspecified atom stereocenters. The summed E-state index contributed by atoms with van der Waals surface area (Å²) < 4.78 is 0. The maximum atomic E-state index is 12.6. The van der Waals surface area contributed by atoms with E-state index in [1.807, 2.05) is 18.2 Å². The largest absolute Gasteiger partial charge is 0.356 e. The van der Waals surface area contributed by atoms with Gasteiger partial charge in [-0.05, 0) is 55.4 Å². The second-order valence-corrected chi connectivity index (χ2v) is 7.70. The van der Waals surface area contributed by atoms with Crippen molar-refractivity contribution in [3.05, 3.63) is 34.9 Å². The first-order valence-corrected chi connectivity index (χ1v) is 8.97. The van der Waals surface area contributed by atoms with Crippen LogP contribution in [0, 0.1) is 5.41 Å². The van der Waals surface area contributed by atoms with Crippen LogP contribution in [-0.2, 0) is 17.6 Å². The van der Waals surface area contributed by atoms with Gasteiger partial charge in [-0.15, -0.1) is 0 Å². The predicted octanol–water partition coefficient (Wildman–Crippen LogP) is 2.46. The van der Waals surface area contributed by atoms with Gasteiger partial charge in [-0.25, -0.2) is 5.06 Å². The van der Waals surface area contributed by atoms with Crippen LogP contribution < -0.4 is 5.32 Å². The number of carbonyl (C=O) groups excluding carboxylic acids is 2. The summed E-state index contributed by atoms with van der Waals surface area (Å²) in [5.74, 6) is -0.168. The normalized spacial score (nSPS) is 26.5. The van der Waals surface area contributed by atoms with Gasteiger partial charge < -0.3 is 5.32 Å². The van der Waals surface area contributed by atoms with E-state index in [4.69, 9.17) is 0 Å². The Kier molecular flexibility index (Phi) is 3.83. The molecular formula is C19H24N2O3. The third-order valence-corrected chi connectivity index (χ3v) is 6.02. The Labute approximate surface area is 142 Å². The van der Waals surface area contributed by atoms with Crippen LogP contribution in [0.15, 0.2) is 18.2 Å². The van der Waals surface area contributed by atoms with E-state index in [9.17, 15) is 14.8 Å². The number of benzene rings is 1. The summed E-state index contributed by atoms with van der Waals surface area (Å²) in [6.07, 6.45) is 7.28. The van der Waals surface area contributed by atoms with E-state index < -0.39 is 0 Å². The van der Waals surface area contributed by atoms with E-state index in [2.05, 4.69) is 5.32 Å². The van der Waals surface area contributed by atoms with Gasteiger partial charge in [0.1, 0.15) is 0 Å². The van der Waals surface area contributed by atoms with Crippen LogP contribution in [0.4, 0.5) is 0 Å². The molecule has 1 spiro atoms. The number of carbonyl (C=O) groups is 2. The van der Waals surface area contributed by atoms with E-state index in [0.717, 1.165) is 62.1 Å². The number of amides is 2. The summed E-state index contributed by atoms with van der Waals surface area (Å²) in [7, 11) is 0. The first-order chi connectivity index (χ1) is 11.6. The fourth-order valence-corrected chi connectivity index (χ4v) is 4.56. The van der Waals surface area contributed by atoms with Crippen molar-refractivity contribution in [2.24, 2.45) is 5.41 Å². The molecule has 24 heavy (non-hydrogen) atoms. The van der Waals surface area contributed by atoms with E-state index in [1.165, 1.54) is 5.56 Å². The molecule has 2 amide bonds. The molecule has 0 aromatic heterocycles. The van der Waals surface area contributed by atoms with Gasteiger partial charge in [-0.1, -0.05) is 18.9 Å². The first-order valence-electron chi connectivity index (χ1n) is 8.97. The maximum Gasteiger partial charge on any atom is 0.277 e. The number of nitrogens with zero attached hydrogens (tertiary/aromatic N) is 1. The van der Waals surface area contributed by atoms with Crippen molar-refractivity contribution in [2.75, 3.05) is 6.54 Å². The van der Waals surface area contributed by atoms with Crippen LogP contribution in [0.1, 0.15) is 60.0 Å². The minimum atomic E-state index is -0.301. The van der Waals surface area contributed by atoms with Crippen molar-refractivity contribution in [2.45, 2.75) is 57.4 Å². The SMILES string of the molecule is O=C1C[C@]2(CCc3ccc(C(=O)N(O)C4CCCC4)cc3C2)CN1. The number of rotatable bonds is 2. The van der Waals surface area contributed by atoms with Gasteiger partial charge in [-0.3, -0.25) is 14.8 Å². The molecule has 3 aliphatic rings. The van der Waals surface area contributed by atoms with E-state index in [1.54, 1.807) is 0 Å². The Morgan fingerprint density at radius 2 is 2.00 bits per heavy atom. The fraction of sp³-hybridized carbons (Fsp3) is 0.579. The van der Waals surface area contributed by atoms with Crippen LogP contribution >= 0.6 is 0 Å². The van der Waals surface area contributed by atoms with Gasteiger partial charge in [0.2, 0.25) is 5.91 Å². The highest BCUT2D eigenvalue weighted by Crippen LogP contribution is 2.40. The minimum absolute atomic E-state index is 0.0100. The molecule has 128 valence electrons. The zero-order chi connectivity index (χ0) is 16.7. The van der Waals surface area contributed by atoms with Gasteiger partial charge in [0.15, 0.2) is 0 Å².